The molecule has 0 aliphatic carbocycles. The molecule has 4 nitrogen and oxygen atoms in total. The maximum absolute atomic E-state index is 13.6. The van der Waals surface area contributed by atoms with Crippen molar-refractivity contribution in [3.05, 3.63) is 118 Å². The summed E-state index contributed by atoms with van der Waals surface area (Å²) in [5, 5.41) is 10.9. The molecular formula is C25H23N2O2+. The quantitative estimate of drug-likeness (QED) is 0.526. The number of nitrogens with zero attached hydrogens (tertiary/aromatic N) is 2. The number of fused-ring (bicyclic) bond motifs is 1. The van der Waals surface area contributed by atoms with E-state index in [9.17, 15) is 9.90 Å². The highest BCUT2D eigenvalue weighted by Crippen LogP contribution is 2.21. The van der Waals surface area contributed by atoms with Gasteiger partial charge in [0.1, 0.15) is 11.3 Å². The van der Waals surface area contributed by atoms with Crippen LogP contribution < -0.4 is 9.96 Å². The number of benzene rings is 2. The summed E-state index contributed by atoms with van der Waals surface area (Å²) in [6.07, 6.45) is 4.97. The largest absolute Gasteiger partial charge is 0.477 e. The van der Waals surface area contributed by atoms with Gasteiger partial charge in [0, 0.05) is 18.1 Å². The molecule has 0 bridgehead atoms. The number of allylic oxidation sites excluding steroid dienone is 1. The maximum Gasteiger partial charge on any atom is 0.350 e. The van der Waals surface area contributed by atoms with Gasteiger partial charge in [-0.3, -0.25) is 0 Å². The number of aromatic nitrogens is 2. The number of hydrogen-bond donors (Lipinski definition) is 1. The van der Waals surface area contributed by atoms with Crippen LogP contribution in [0.15, 0.2) is 95.9 Å². The van der Waals surface area contributed by atoms with Gasteiger partial charge in [0.2, 0.25) is 0 Å². The molecule has 0 aliphatic heterocycles. The van der Waals surface area contributed by atoms with Crippen molar-refractivity contribution in [1.29, 1.82) is 0 Å². The van der Waals surface area contributed by atoms with Crippen LogP contribution in [0.5, 0.6) is 5.88 Å². The van der Waals surface area contributed by atoms with E-state index in [4.69, 9.17) is 0 Å². The van der Waals surface area contributed by atoms with Gasteiger partial charge in [-0.15, -0.1) is 0 Å². The molecule has 0 spiro atoms. The normalized spacial score (nSPS) is 11.7. The molecule has 0 aliphatic rings. The molecule has 4 heteroatoms. The monoisotopic (exact) mass is 383 g/mol. The van der Waals surface area contributed by atoms with Crippen LogP contribution in [0.3, 0.4) is 0 Å². The molecule has 0 unspecified atom stereocenters. The SMILES string of the molecule is CC/C=C(\c1ccccc1)n1c(=O)c(Cc2ccccc2)c(O)[n+]2ccccc12. The molecule has 2 heterocycles. The Hall–Kier alpha value is -3.66. The second kappa shape index (κ2) is 8.15. The van der Waals surface area contributed by atoms with Crippen LogP contribution >= 0.6 is 0 Å². The minimum atomic E-state index is -0.207. The van der Waals surface area contributed by atoms with Crippen molar-refractivity contribution >= 4 is 11.3 Å². The van der Waals surface area contributed by atoms with Gasteiger partial charge in [0.15, 0.2) is 0 Å². The highest BCUT2D eigenvalue weighted by Gasteiger charge is 2.26. The van der Waals surface area contributed by atoms with E-state index in [1.165, 1.54) is 0 Å². The van der Waals surface area contributed by atoms with E-state index in [0.29, 0.717) is 17.6 Å². The third-order valence-electron chi connectivity index (χ3n) is 4.96. The average molecular weight is 383 g/mol. The topological polar surface area (TPSA) is 46.3 Å². The van der Waals surface area contributed by atoms with Gasteiger partial charge in [-0.25, -0.2) is 4.79 Å². The van der Waals surface area contributed by atoms with Gasteiger partial charge >= 0.3 is 5.56 Å². The number of rotatable bonds is 5. The van der Waals surface area contributed by atoms with Gasteiger partial charge in [-0.2, -0.15) is 8.97 Å². The van der Waals surface area contributed by atoms with Crippen molar-refractivity contribution in [3.8, 4) is 5.88 Å². The van der Waals surface area contributed by atoms with E-state index < -0.39 is 0 Å². The van der Waals surface area contributed by atoms with Crippen molar-refractivity contribution < 1.29 is 9.51 Å². The third-order valence-corrected chi connectivity index (χ3v) is 4.96. The van der Waals surface area contributed by atoms with E-state index in [0.717, 1.165) is 23.2 Å². The first kappa shape index (κ1) is 18.7. The fourth-order valence-corrected chi connectivity index (χ4v) is 3.60. The van der Waals surface area contributed by atoms with Crippen LogP contribution in [-0.4, -0.2) is 9.67 Å². The van der Waals surface area contributed by atoms with E-state index in [-0.39, 0.29) is 11.4 Å². The van der Waals surface area contributed by atoms with Crippen molar-refractivity contribution in [2.75, 3.05) is 0 Å². The third kappa shape index (κ3) is 3.57. The summed E-state index contributed by atoms with van der Waals surface area (Å²) in [6.45, 7) is 2.05. The summed E-state index contributed by atoms with van der Waals surface area (Å²) < 4.78 is 3.38. The Bertz CT molecular complexity index is 1230. The molecule has 4 aromatic rings. The molecule has 0 fully saturated rings. The summed E-state index contributed by atoms with van der Waals surface area (Å²) >= 11 is 0. The van der Waals surface area contributed by atoms with Crippen LogP contribution in [0.1, 0.15) is 30.0 Å². The zero-order valence-corrected chi connectivity index (χ0v) is 16.3. The first-order valence-corrected chi connectivity index (χ1v) is 9.78. The summed E-state index contributed by atoms with van der Waals surface area (Å²) in [5.74, 6) is -0.0189. The first-order valence-electron chi connectivity index (χ1n) is 9.78. The van der Waals surface area contributed by atoms with Crippen LogP contribution in [0.4, 0.5) is 0 Å². The Morgan fingerprint density at radius 3 is 2.31 bits per heavy atom. The average Bonchev–Trinajstić information content (AvgIpc) is 2.77. The van der Waals surface area contributed by atoms with Crippen molar-refractivity contribution in [2.45, 2.75) is 19.8 Å². The molecule has 0 saturated heterocycles. The van der Waals surface area contributed by atoms with Crippen LogP contribution in [0, 0.1) is 0 Å². The number of hydrogen-bond acceptors (Lipinski definition) is 2. The molecule has 2 aromatic carbocycles. The van der Waals surface area contributed by atoms with Crippen LogP contribution in [0.25, 0.3) is 11.3 Å². The number of pyridine rings is 1. The molecule has 4 rings (SSSR count). The molecule has 0 amide bonds. The smallest absolute Gasteiger partial charge is 0.350 e. The van der Waals surface area contributed by atoms with Crippen molar-refractivity contribution in [2.24, 2.45) is 0 Å². The zero-order valence-electron chi connectivity index (χ0n) is 16.3. The standard InChI is InChI=1S/C25H22N2O2/c1-2-11-22(20-14-7-4-8-15-20)27-23-16-9-10-17-26(23)24(28)21(25(27)29)18-19-12-5-3-6-13-19/h3-17H,2,18H2,1H3/p+1/b22-11+. The van der Waals surface area contributed by atoms with E-state index in [2.05, 4.69) is 6.92 Å². The lowest BCUT2D eigenvalue weighted by molar-refractivity contribution is -0.527. The Balaban J connectivity index is 2.03. The predicted molar refractivity (Wildman–Crippen MR) is 115 cm³/mol. The highest BCUT2D eigenvalue weighted by molar-refractivity contribution is 5.69. The molecule has 0 radical (unpaired) electrons. The fourth-order valence-electron chi connectivity index (χ4n) is 3.60. The molecule has 0 saturated carbocycles. The van der Waals surface area contributed by atoms with Gasteiger partial charge < -0.3 is 5.11 Å². The van der Waals surface area contributed by atoms with Gasteiger partial charge in [-0.1, -0.05) is 73.7 Å². The van der Waals surface area contributed by atoms with Crippen LogP contribution in [0.2, 0.25) is 0 Å². The molecule has 29 heavy (non-hydrogen) atoms. The van der Waals surface area contributed by atoms with E-state index in [1.807, 2.05) is 84.9 Å². The minimum Gasteiger partial charge on any atom is -0.477 e. The Kier molecular flexibility index (Phi) is 5.25. The first-order chi connectivity index (χ1) is 14.2. The Labute approximate surface area is 169 Å². The second-order valence-electron chi connectivity index (χ2n) is 6.90. The summed E-state index contributed by atoms with van der Waals surface area (Å²) in [7, 11) is 0. The minimum absolute atomic E-state index is 0.0189. The summed E-state index contributed by atoms with van der Waals surface area (Å²) in [5.41, 5.74) is 3.53. The number of aromatic hydroxyl groups is 1. The van der Waals surface area contributed by atoms with E-state index in [1.54, 1.807) is 15.2 Å². The summed E-state index contributed by atoms with van der Waals surface area (Å²) in [6, 6.07) is 25.2. The lowest BCUT2D eigenvalue weighted by Crippen LogP contribution is -2.36. The molecule has 2 aromatic heterocycles. The van der Waals surface area contributed by atoms with Crippen molar-refractivity contribution in [1.82, 2.24) is 4.57 Å². The van der Waals surface area contributed by atoms with Gasteiger partial charge in [-0.05, 0) is 24.1 Å². The summed E-state index contributed by atoms with van der Waals surface area (Å²) in [4.78, 5) is 13.6. The molecule has 0 atom stereocenters. The zero-order chi connectivity index (χ0) is 20.2. The lowest BCUT2D eigenvalue weighted by atomic mass is 10.1. The van der Waals surface area contributed by atoms with Crippen molar-refractivity contribution in [3.63, 3.8) is 0 Å². The molecule has 1 N–H and O–H groups in total. The molecular weight excluding hydrogens is 360 g/mol. The van der Waals surface area contributed by atoms with Gasteiger partial charge in [0.05, 0.1) is 6.20 Å². The lowest BCUT2D eigenvalue weighted by Gasteiger charge is -2.11. The molecule has 144 valence electrons. The maximum atomic E-state index is 13.6. The van der Waals surface area contributed by atoms with Crippen LogP contribution in [-0.2, 0) is 6.42 Å². The predicted octanol–water partition coefficient (Wildman–Crippen LogP) is 4.18. The Morgan fingerprint density at radius 2 is 1.62 bits per heavy atom. The van der Waals surface area contributed by atoms with Gasteiger partial charge in [0.25, 0.3) is 11.5 Å². The van der Waals surface area contributed by atoms with E-state index >= 15 is 0 Å². The highest BCUT2D eigenvalue weighted by atomic mass is 16.3. The second-order valence-corrected chi connectivity index (χ2v) is 6.90. The fraction of sp³-hybridized carbons (Fsp3) is 0.120. The Morgan fingerprint density at radius 1 is 0.966 bits per heavy atom.